The Kier molecular flexibility index (Phi) is 4.77. The van der Waals surface area contributed by atoms with E-state index in [1.54, 1.807) is 12.1 Å². The highest BCUT2D eigenvalue weighted by Crippen LogP contribution is 2.32. The normalized spacial score (nSPS) is 15.8. The van der Waals surface area contributed by atoms with Gasteiger partial charge in [0.15, 0.2) is 0 Å². The van der Waals surface area contributed by atoms with Crippen LogP contribution in [0.1, 0.15) is 40.5 Å². The smallest absolute Gasteiger partial charge is 0.339 e. The molecule has 142 valence electrons. The molecule has 1 aliphatic rings. The van der Waals surface area contributed by atoms with Gasteiger partial charge in [-0.05, 0) is 42.4 Å². The third-order valence-corrected chi connectivity index (χ3v) is 5.20. The average molecular weight is 376 g/mol. The summed E-state index contributed by atoms with van der Waals surface area (Å²) >= 11 is 0. The molecule has 0 fully saturated rings. The Morgan fingerprint density at radius 1 is 1.25 bits per heavy atom. The number of carbonyl (C=O) groups is 1. The number of aryl methyl sites for hydroxylation is 1. The minimum absolute atomic E-state index is 0.0124. The van der Waals surface area contributed by atoms with Crippen LogP contribution in [0.2, 0.25) is 0 Å². The first-order valence-corrected chi connectivity index (χ1v) is 9.34. The van der Waals surface area contributed by atoms with Gasteiger partial charge in [-0.1, -0.05) is 37.3 Å². The molecule has 1 aliphatic carbocycles. The van der Waals surface area contributed by atoms with E-state index < -0.39 is 10.9 Å². The molecule has 4 rings (SSSR count). The second-order valence-corrected chi connectivity index (χ2v) is 7.28. The van der Waals surface area contributed by atoms with Gasteiger partial charge in [-0.3, -0.25) is 15.1 Å². The highest BCUT2D eigenvalue weighted by atomic mass is 16.6. The van der Waals surface area contributed by atoms with Crippen molar-refractivity contribution in [1.82, 2.24) is 4.98 Å². The molecule has 1 aromatic heterocycles. The van der Waals surface area contributed by atoms with Crippen molar-refractivity contribution in [2.45, 2.75) is 32.8 Å². The second kappa shape index (κ2) is 7.38. The molecule has 1 heterocycles. The summed E-state index contributed by atoms with van der Waals surface area (Å²) in [6.45, 7) is 2.16. The minimum Gasteiger partial charge on any atom is -0.457 e. The van der Waals surface area contributed by atoms with Crippen LogP contribution in [0.15, 0.2) is 48.5 Å². The maximum Gasteiger partial charge on any atom is 0.339 e. The van der Waals surface area contributed by atoms with Gasteiger partial charge in [-0.25, -0.2) is 4.79 Å². The molecule has 0 amide bonds. The number of para-hydroxylation sites is 1. The van der Waals surface area contributed by atoms with E-state index >= 15 is 0 Å². The second-order valence-electron chi connectivity index (χ2n) is 7.28. The zero-order valence-corrected chi connectivity index (χ0v) is 15.6. The molecular weight excluding hydrogens is 356 g/mol. The lowest BCUT2D eigenvalue weighted by atomic mass is 9.84. The zero-order chi connectivity index (χ0) is 19.7. The van der Waals surface area contributed by atoms with Crippen LogP contribution in [0.25, 0.3) is 10.9 Å². The maximum atomic E-state index is 13.0. The lowest BCUT2D eigenvalue weighted by Gasteiger charge is -2.24. The Balaban J connectivity index is 1.68. The summed E-state index contributed by atoms with van der Waals surface area (Å²) in [7, 11) is 0. The predicted molar refractivity (Wildman–Crippen MR) is 105 cm³/mol. The SMILES string of the molecule is C[C@H]1CCc2nc3ccccc3c(C(=O)OCc3cccc([N+](=O)[O-])c3)c2C1. The van der Waals surface area contributed by atoms with Crippen LogP contribution in [0, 0.1) is 16.0 Å². The quantitative estimate of drug-likeness (QED) is 0.377. The molecule has 0 aliphatic heterocycles. The van der Waals surface area contributed by atoms with E-state index in [0.29, 0.717) is 17.0 Å². The van der Waals surface area contributed by atoms with Gasteiger partial charge in [0.2, 0.25) is 0 Å². The van der Waals surface area contributed by atoms with Crippen LogP contribution in [0.5, 0.6) is 0 Å². The molecule has 28 heavy (non-hydrogen) atoms. The first kappa shape index (κ1) is 18.1. The maximum absolute atomic E-state index is 13.0. The van der Waals surface area contributed by atoms with Crippen LogP contribution in [0.4, 0.5) is 5.69 Å². The van der Waals surface area contributed by atoms with Gasteiger partial charge in [0.25, 0.3) is 5.69 Å². The summed E-state index contributed by atoms with van der Waals surface area (Å²) in [5.74, 6) is 0.0780. The summed E-state index contributed by atoms with van der Waals surface area (Å²) in [4.78, 5) is 28.3. The number of non-ortho nitro benzene ring substituents is 1. The fourth-order valence-electron chi connectivity index (χ4n) is 3.78. The van der Waals surface area contributed by atoms with E-state index in [-0.39, 0.29) is 12.3 Å². The van der Waals surface area contributed by atoms with Gasteiger partial charge in [-0.2, -0.15) is 0 Å². The molecular formula is C22H20N2O4. The molecule has 3 aromatic rings. The Morgan fingerprint density at radius 3 is 2.89 bits per heavy atom. The minimum atomic E-state index is -0.459. The van der Waals surface area contributed by atoms with Crippen molar-refractivity contribution < 1.29 is 14.5 Å². The number of benzene rings is 2. The molecule has 1 atom stereocenters. The summed E-state index contributed by atoms with van der Waals surface area (Å²) < 4.78 is 5.57. The van der Waals surface area contributed by atoms with Gasteiger partial charge >= 0.3 is 5.97 Å². The number of hydrogen-bond acceptors (Lipinski definition) is 5. The largest absolute Gasteiger partial charge is 0.457 e. The lowest BCUT2D eigenvalue weighted by molar-refractivity contribution is -0.384. The Labute approximate surface area is 162 Å². The molecule has 6 nitrogen and oxygen atoms in total. The Hall–Kier alpha value is -3.28. The van der Waals surface area contributed by atoms with E-state index in [1.807, 2.05) is 24.3 Å². The fraction of sp³-hybridized carbons (Fsp3) is 0.273. The molecule has 0 spiro atoms. The number of nitro groups is 1. The standard InChI is InChI=1S/C22H20N2O4/c1-14-9-10-20-18(11-14)21(17-7-2-3-8-19(17)23-20)22(25)28-13-15-5-4-6-16(12-15)24(26)27/h2-8,12,14H,9-11,13H2,1H3/t14-/m0/s1. The first-order chi connectivity index (χ1) is 13.5. The predicted octanol–water partition coefficient (Wildman–Crippen LogP) is 4.62. The molecule has 2 aromatic carbocycles. The number of pyridine rings is 1. The number of aromatic nitrogens is 1. The molecule has 0 saturated carbocycles. The number of esters is 1. The van der Waals surface area contributed by atoms with E-state index in [9.17, 15) is 14.9 Å². The molecule has 0 radical (unpaired) electrons. The summed E-state index contributed by atoms with van der Waals surface area (Å²) in [5.41, 5.74) is 3.88. The van der Waals surface area contributed by atoms with Crippen molar-refractivity contribution >= 4 is 22.6 Å². The third-order valence-electron chi connectivity index (χ3n) is 5.20. The fourth-order valence-corrected chi connectivity index (χ4v) is 3.78. The number of nitrogens with zero attached hydrogens (tertiary/aromatic N) is 2. The molecule has 6 heteroatoms. The number of rotatable bonds is 4. The van der Waals surface area contributed by atoms with Gasteiger partial charge in [0.05, 0.1) is 16.0 Å². The van der Waals surface area contributed by atoms with Crippen molar-refractivity contribution in [2.75, 3.05) is 0 Å². The molecule has 0 N–H and O–H groups in total. The van der Waals surface area contributed by atoms with Crippen LogP contribution >= 0.6 is 0 Å². The first-order valence-electron chi connectivity index (χ1n) is 9.34. The van der Waals surface area contributed by atoms with Crippen molar-refractivity contribution in [3.05, 3.63) is 81.0 Å². The molecule has 0 unspecified atom stereocenters. The van der Waals surface area contributed by atoms with Gasteiger partial charge in [0.1, 0.15) is 6.61 Å². The zero-order valence-electron chi connectivity index (χ0n) is 15.6. The van der Waals surface area contributed by atoms with Crippen molar-refractivity contribution in [3.8, 4) is 0 Å². The summed E-state index contributed by atoms with van der Waals surface area (Å²) in [5, 5.41) is 11.7. The third kappa shape index (κ3) is 3.45. The Bertz CT molecular complexity index is 1080. The monoisotopic (exact) mass is 376 g/mol. The summed E-state index contributed by atoms with van der Waals surface area (Å²) in [6.07, 6.45) is 2.71. The van der Waals surface area contributed by atoms with Gasteiger partial charge < -0.3 is 4.74 Å². The molecule has 0 bridgehead atoms. The van der Waals surface area contributed by atoms with Crippen LogP contribution in [-0.2, 0) is 24.2 Å². The number of hydrogen-bond donors (Lipinski definition) is 0. The number of carbonyl (C=O) groups excluding carboxylic acids is 1. The summed E-state index contributed by atoms with van der Waals surface area (Å²) in [6, 6.07) is 13.7. The van der Waals surface area contributed by atoms with Crippen molar-refractivity contribution in [3.63, 3.8) is 0 Å². The number of ether oxygens (including phenoxy) is 1. The van der Waals surface area contributed by atoms with Gasteiger partial charge in [0, 0.05) is 23.2 Å². The van der Waals surface area contributed by atoms with Crippen LogP contribution in [0.3, 0.4) is 0 Å². The highest BCUT2D eigenvalue weighted by Gasteiger charge is 2.26. The van der Waals surface area contributed by atoms with E-state index in [4.69, 9.17) is 9.72 Å². The average Bonchev–Trinajstić information content (AvgIpc) is 2.70. The van der Waals surface area contributed by atoms with Crippen molar-refractivity contribution in [2.24, 2.45) is 5.92 Å². The lowest BCUT2D eigenvalue weighted by Crippen LogP contribution is -2.19. The van der Waals surface area contributed by atoms with E-state index in [2.05, 4.69) is 6.92 Å². The van der Waals surface area contributed by atoms with Crippen LogP contribution in [-0.4, -0.2) is 15.9 Å². The van der Waals surface area contributed by atoms with Crippen molar-refractivity contribution in [1.29, 1.82) is 0 Å². The van der Waals surface area contributed by atoms with Gasteiger partial charge in [-0.15, -0.1) is 0 Å². The Morgan fingerprint density at radius 2 is 2.07 bits per heavy atom. The number of fused-ring (bicyclic) bond motifs is 2. The number of nitro benzene ring substituents is 1. The highest BCUT2D eigenvalue weighted by molar-refractivity contribution is 6.05. The molecule has 0 saturated heterocycles. The van der Waals surface area contributed by atoms with E-state index in [0.717, 1.165) is 41.4 Å². The topological polar surface area (TPSA) is 82.3 Å². The van der Waals surface area contributed by atoms with Crippen LogP contribution < -0.4 is 0 Å². The van der Waals surface area contributed by atoms with E-state index in [1.165, 1.54) is 12.1 Å².